The van der Waals surface area contributed by atoms with Crippen molar-refractivity contribution < 1.29 is 18.4 Å². The topological polar surface area (TPSA) is 78.4 Å². The third-order valence-corrected chi connectivity index (χ3v) is 2.97. The van der Waals surface area contributed by atoms with Gasteiger partial charge in [-0.2, -0.15) is 0 Å². The zero-order valence-electron chi connectivity index (χ0n) is 9.44. The summed E-state index contributed by atoms with van der Waals surface area (Å²) in [5.41, 5.74) is 5.08. The molecule has 0 bridgehead atoms. The van der Waals surface area contributed by atoms with Gasteiger partial charge in [-0.3, -0.25) is 10.1 Å². The third-order valence-electron chi connectivity index (χ3n) is 2.97. The van der Waals surface area contributed by atoms with E-state index in [4.69, 9.17) is 10.5 Å². The Morgan fingerprint density at radius 3 is 2.39 bits per heavy atom. The van der Waals surface area contributed by atoms with Crippen LogP contribution in [-0.2, 0) is 0 Å². The first-order valence-electron chi connectivity index (χ1n) is 5.54. The minimum Gasteiger partial charge on any atom is -0.483 e. The predicted molar refractivity (Wildman–Crippen MR) is 59.3 cm³/mol. The van der Waals surface area contributed by atoms with Crippen molar-refractivity contribution >= 4 is 5.69 Å². The van der Waals surface area contributed by atoms with Crippen LogP contribution in [0, 0.1) is 21.7 Å². The highest BCUT2D eigenvalue weighted by Crippen LogP contribution is 2.30. The Labute approximate surface area is 102 Å². The number of non-ortho nitro benzene ring substituents is 1. The highest BCUT2D eigenvalue weighted by Gasteiger charge is 2.28. The molecule has 2 N–H and O–H groups in total. The summed E-state index contributed by atoms with van der Waals surface area (Å²) in [6.07, 6.45) is 1.75. The summed E-state index contributed by atoms with van der Waals surface area (Å²) in [4.78, 5) is 9.56. The number of hydrogen-bond donors (Lipinski definition) is 1. The van der Waals surface area contributed by atoms with Gasteiger partial charge < -0.3 is 10.5 Å². The van der Waals surface area contributed by atoms with E-state index in [1.807, 2.05) is 0 Å². The predicted octanol–water partition coefficient (Wildman–Crippen LogP) is 2.13. The summed E-state index contributed by atoms with van der Waals surface area (Å²) < 4.78 is 32.3. The Balaban J connectivity index is 2.25. The number of halogens is 2. The fraction of sp³-hybridized carbons (Fsp3) is 0.455. The largest absolute Gasteiger partial charge is 0.483 e. The van der Waals surface area contributed by atoms with E-state index in [1.165, 1.54) is 0 Å². The number of nitro groups is 1. The van der Waals surface area contributed by atoms with Crippen LogP contribution in [0.25, 0.3) is 0 Å². The van der Waals surface area contributed by atoms with E-state index in [9.17, 15) is 18.9 Å². The molecule has 2 unspecified atom stereocenters. The summed E-state index contributed by atoms with van der Waals surface area (Å²) in [7, 11) is 0. The second kappa shape index (κ2) is 4.85. The Morgan fingerprint density at radius 2 is 1.94 bits per heavy atom. The van der Waals surface area contributed by atoms with Gasteiger partial charge in [-0.05, 0) is 19.3 Å². The number of hydrogen-bond acceptors (Lipinski definition) is 4. The highest BCUT2D eigenvalue weighted by molar-refractivity contribution is 5.39. The highest BCUT2D eigenvalue weighted by atomic mass is 19.1. The first-order chi connectivity index (χ1) is 8.49. The Morgan fingerprint density at radius 1 is 1.33 bits per heavy atom. The molecule has 1 aromatic rings. The van der Waals surface area contributed by atoms with Gasteiger partial charge in [0.2, 0.25) is 0 Å². The van der Waals surface area contributed by atoms with Crippen molar-refractivity contribution in [3.05, 3.63) is 33.9 Å². The maximum Gasteiger partial charge on any atom is 0.275 e. The number of nitrogens with zero attached hydrogens (tertiary/aromatic N) is 1. The number of benzene rings is 1. The molecule has 7 heteroatoms. The van der Waals surface area contributed by atoms with E-state index >= 15 is 0 Å². The molecule has 1 aliphatic rings. The van der Waals surface area contributed by atoms with Gasteiger partial charge in [-0.25, -0.2) is 8.78 Å². The molecule has 0 spiro atoms. The maximum atomic E-state index is 13.5. The molecule has 0 heterocycles. The van der Waals surface area contributed by atoms with Crippen molar-refractivity contribution in [1.82, 2.24) is 0 Å². The van der Waals surface area contributed by atoms with Crippen LogP contribution in [0.4, 0.5) is 14.5 Å². The van der Waals surface area contributed by atoms with Gasteiger partial charge in [-0.1, -0.05) is 0 Å². The molecule has 1 aliphatic carbocycles. The van der Waals surface area contributed by atoms with Gasteiger partial charge >= 0.3 is 0 Å². The van der Waals surface area contributed by atoms with Crippen molar-refractivity contribution in [2.24, 2.45) is 5.73 Å². The lowest BCUT2D eigenvalue weighted by molar-refractivity contribution is -0.385. The Bertz CT molecular complexity index is 458. The number of nitro benzene ring substituents is 1. The lowest BCUT2D eigenvalue weighted by atomic mass is 10.2. The lowest BCUT2D eigenvalue weighted by Gasteiger charge is -2.18. The van der Waals surface area contributed by atoms with Crippen molar-refractivity contribution in [1.29, 1.82) is 0 Å². The quantitative estimate of drug-likeness (QED) is 0.665. The van der Waals surface area contributed by atoms with Crippen LogP contribution in [0.3, 0.4) is 0 Å². The van der Waals surface area contributed by atoms with Crippen LogP contribution in [0.5, 0.6) is 5.75 Å². The fourth-order valence-corrected chi connectivity index (χ4v) is 2.02. The summed E-state index contributed by atoms with van der Waals surface area (Å²) in [6.45, 7) is 0. The van der Waals surface area contributed by atoms with E-state index in [2.05, 4.69) is 0 Å². The molecule has 0 aliphatic heterocycles. The van der Waals surface area contributed by atoms with Crippen molar-refractivity contribution in [2.75, 3.05) is 0 Å². The average Bonchev–Trinajstić information content (AvgIpc) is 2.69. The average molecular weight is 258 g/mol. The molecule has 0 radical (unpaired) electrons. The van der Waals surface area contributed by atoms with Gasteiger partial charge in [0.05, 0.1) is 17.1 Å². The van der Waals surface area contributed by atoms with Crippen LogP contribution in [-0.4, -0.2) is 17.1 Å². The minimum absolute atomic E-state index is 0.265. The second-order valence-corrected chi connectivity index (χ2v) is 4.25. The summed E-state index contributed by atoms with van der Waals surface area (Å²) in [6, 6.07) is 1.01. The smallest absolute Gasteiger partial charge is 0.275 e. The van der Waals surface area contributed by atoms with Gasteiger partial charge in [0, 0.05) is 6.04 Å². The zero-order valence-corrected chi connectivity index (χ0v) is 9.44. The van der Waals surface area contributed by atoms with E-state index in [0.717, 1.165) is 12.8 Å². The Hall–Kier alpha value is -1.76. The van der Waals surface area contributed by atoms with Crippen molar-refractivity contribution in [3.8, 4) is 5.75 Å². The van der Waals surface area contributed by atoms with Crippen molar-refractivity contribution in [3.63, 3.8) is 0 Å². The molecule has 98 valence electrons. The van der Waals surface area contributed by atoms with Crippen LogP contribution in [0.15, 0.2) is 12.1 Å². The van der Waals surface area contributed by atoms with E-state index in [-0.39, 0.29) is 6.04 Å². The van der Waals surface area contributed by atoms with Crippen molar-refractivity contribution in [2.45, 2.75) is 31.4 Å². The fourth-order valence-electron chi connectivity index (χ4n) is 2.02. The molecule has 5 nitrogen and oxygen atoms in total. The summed E-state index contributed by atoms with van der Waals surface area (Å²) in [5, 5.41) is 10.4. The number of rotatable bonds is 3. The molecule has 1 fully saturated rings. The van der Waals surface area contributed by atoms with Crippen LogP contribution < -0.4 is 10.5 Å². The van der Waals surface area contributed by atoms with E-state index in [0.29, 0.717) is 18.6 Å². The molecule has 0 aromatic heterocycles. The first-order valence-corrected chi connectivity index (χ1v) is 5.54. The van der Waals surface area contributed by atoms with Crippen LogP contribution >= 0.6 is 0 Å². The molecule has 1 aromatic carbocycles. The lowest BCUT2D eigenvalue weighted by Crippen LogP contribution is -2.34. The molecule has 2 rings (SSSR count). The zero-order chi connectivity index (χ0) is 13.3. The van der Waals surface area contributed by atoms with E-state index < -0.39 is 34.1 Å². The molecule has 1 saturated carbocycles. The van der Waals surface area contributed by atoms with E-state index in [1.54, 1.807) is 0 Å². The molecule has 0 amide bonds. The molecule has 18 heavy (non-hydrogen) atoms. The standard InChI is InChI=1S/C11H12F2N2O3/c12-7-4-6(15(16)17)5-8(13)11(7)18-10-3-1-2-9(10)14/h4-5,9-10H,1-3,14H2. The number of nitrogens with two attached hydrogens (primary N) is 1. The minimum atomic E-state index is -1.08. The molecular formula is C11H12F2N2O3. The normalized spacial score (nSPS) is 23.1. The van der Waals surface area contributed by atoms with Gasteiger partial charge in [-0.15, -0.1) is 0 Å². The number of ether oxygens (including phenoxy) is 1. The summed E-state index contributed by atoms with van der Waals surface area (Å²) >= 11 is 0. The van der Waals surface area contributed by atoms with Gasteiger partial charge in [0.15, 0.2) is 17.4 Å². The SMILES string of the molecule is NC1CCCC1Oc1c(F)cc([N+](=O)[O-])cc1F. The van der Waals surface area contributed by atoms with Crippen LogP contribution in [0.2, 0.25) is 0 Å². The Kier molecular flexibility index (Phi) is 3.42. The second-order valence-electron chi connectivity index (χ2n) is 4.25. The maximum absolute atomic E-state index is 13.5. The summed E-state index contributed by atoms with van der Waals surface area (Å²) in [5.74, 6) is -2.76. The molecule has 2 atom stereocenters. The monoisotopic (exact) mass is 258 g/mol. The van der Waals surface area contributed by atoms with Gasteiger partial charge in [0.25, 0.3) is 5.69 Å². The van der Waals surface area contributed by atoms with Gasteiger partial charge in [0.1, 0.15) is 6.10 Å². The molecular weight excluding hydrogens is 246 g/mol. The molecule has 0 saturated heterocycles. The first kappa shape index (κ1) is 12.7. The van der Waals surface area contributed by atoms with Crippen LogP contribution in [0.1, 0.15) is 19.3 Å². The third kappa shape index (κ3) is 2.40.